The normalized spacial score (nSPS) is 10.1. The van der Waals surface area contributed by atoms with Crippen molar-refractivity contribution in [1.29, 1.82) is 5.26 Å². The van der Waals surface area contributed by atoms with E-state index in [1.165, 1.54) is 12.1 Å². The Hall–Kier alpha value is -3.91. The molecule has 30 heavy (non-hydrogen) atoms. The van der Waals surface area contributed by atoms with Crippen LogP contribution in [0.5, 0.6) is 0 Å². The highest BCUT2D eigenvalue weighted by molar-refractivity contribution is 5.91. The molecule has 0 saturated carbocycles. The number of carbonyl (C=O) groups is 2. The topological polar surface area (TPSA) is 70.4 Å². The number of rotatable bonds is 8. The molecule has 3 aromatic rings. The number of benzene rings is 3. The summed E-state index contributed by atoms with van der Waals surface area (Å²) < 4.78 is 5.22. The molecule has 0 aliphatic carbocycles. The molecule has 0 atom stereocenters. The van der Waals surface area contributed by atoms with Gasteiger partial charge in [-0.25, -0.2) is 4.79 Å². The summed E-state index contributed by atoms with van der Waals surface area (Å²) in [7, 11) is 0. The van der Waals surface area contributed by atoms with E-state index < -0.39 is 5.97 Å². The van der Waals surface area contributed by atoms with Crippen molar-refractivity contribution in [3.8, 4) is 6.07 Å². The Labute approximate surface area is 176 Å². The lowest BCUT2D eigenvalue weighted by Gasteiger charge is -2.23. The van der Waals surface area contributed by atoms with E-state index in [2.05, 4.69) is 0 Å². The minimum Gasteiger partial charge on any atom is -0.452 e. The van der Waals surface area contributed by atoms with E-state index in [1.54, 1.807) is 17.0 Å². The molecule has 3 aromatic carbocycles. The van der Waals surface area contributed by atoms with Crippen LogP contribution in [-0.2, 0) is 22.5 Å². The predicted octanol–water partition coefficient (Wildman–Crippen LogP) is 3.99. The second-order valence-electron chi connectivity index (χ2n) is 6.80. The van der Waals surface area contributed by atoms with Gasteiger partial charge in [0.1, 0.15) is 0 Å². The smallest absolute Gasteiger partial charge is 0.338 e. The molecule has 1 amide bonds. The van der Waals surface area contributed by atoms with E-state index in [9.17, 15) is 9.59 Å². The van der Waals surface area contributed by atoms with Gasteiger partial charge in [-0.2, -0.15) is 5.26 Å². The SMILES string of the molecule is N#Cc1ccc(C(=O)OCC(=O)N(CCc2ccccc2)Cc2ccccc2)cc1. The summed E-state index contributed by atoms with van der Waals surface area (Å²) in [5.41, 5.74) is 2.91. The molecule has 0 N–H and O–H groups in total. The zero-order chi connectivity index (χ0) is 21.2. The van der Waals surface area contributed by atoms with Crippen molar-refractivity contribution in [1.82, 2.24) is 4.90 Å². The molecule has 0 unspecified atom stereocenters. The first-order valence-electron chi connectivity index (χ1n) is 9.68. The predicted molar refractivity (Wildman–Crippen MR) is 113 cm³/mol. The molecule has 0 aliphatic heterocycles. The van der Waals surface area contributed by atoms with Gasteiger partial charge in [-0.1, -0.05) is 60.7 Å². The van der Waals surface area contributed by atoms with Gasteiger partial charge in [0.15, 0.2) is 6.61 Å². The van der Waals surface area contributed by atoms with Gasteiger partial charge in [0.25, 0.3) is 5.91 Å². The Kier molecular flexibility index (Phi) is 7.34. The summed E-state index contributed by atoms with van der Waals surface area (Å²) in [6.45, 7) is 0.632. The molecule has 0 heterocycles. The Balaban J connectivity index is 1.62. The molecule has 0 radical (unpaired) electrons. The first kappa shape index (κ1) is 20.8. The molecule has 5 heteroatoms. The van der Waals surface area contributed by atoms with Gasteiger partial charge in [0, 0.05) is 13.1 Å². The van der Waals surface area contributed by atoms with Gasteiger partial charge in [-0.15, -0.1) is 0 Å². The Morgan fingerprint density at radius 1 is 0.833 bits per heavy atom. The third-order valence-electron chi connectivity index (χ3n) is 4.66. The standard InChI is InChI=1S/C25H22N2O3/c26-17-21-11-13-23(14-12-21)25(29)30-19-24(28)27(18-22-9-5-2-6-10-22)16-15-20-7-3-1-4-8-20/h1-14H,15-16,18-19H2. The summed E-state index contributed by atoms with van der Waals surface area (Å²) in [6.07, 6.45) is 0.711. The zero-order valence-corrected chi connectivity index (χ0v) is 16.5. The van der Waals surface area contributed by atoms with Crippen molar-refractivity contribution in [3.63, 3.8) is 0 Å². The summed E-state index contributed by atoms with van der Waals surface area (Å²) in [4.78, 5) is 26.7. The largest absolute Gasteiger partial charge is 0.452 e. The third-order valence-corrected chi connectivity index (χ3v) is 4.66. The lowest BCUT2D eigenvalue weighted by Crippen LogP contribution is -2.35. The van der Waals surface area contributed by atoms with Crippen LogP contribution >= 0.6 is 0 Å². The molecule has 0 bridgehead atoms. The van der Waals surface area contributed by atoms with E-state index in [0.717, 1.165) is 11.1 Å². The van der Waals surface area contributed by atoms with Gasteiger partial charge in [0.05, 0.1) is 17.2 Å². The molecule has 3 rings (SSSR count). The maximum absolute atomic E-state index is 12.8. The number of nitriles is 1. The van der Waals surface area contributed by atoms with Crippen molar-refractivity contribution in [2.75, 3.05) is 13.2 Å². The quantitative estimate of drug-likeness (QED) is 0.538. The van der Waals surface area contributed by atoms with Gasteiger partial charge < -0.3 is 9.64 Å². The summed E-state index contributed by atoms with van der Waals surface area (Å²) in [6, 6.07) is 27.8. The third kappa shape index (κ3) is 6.05. The Morgan fingerprint density at radius 2 is 1.43 bits per heavy atom. The van der Waals surface area contributed by atoms with Crippen molar-refractivity contribution in [3.05, 3.63) is 107 Å². The van der Waals surface area contributed by atoms with E-state index in [4.69, 9.17) is 10.00 Å². The van der Waals surface area contributed by atoms with Crippen LogP contribution in [0.1, 0.15) is 27.0 Å². The summed E-state index contributed by atoms with van der Waals surface area (Å²) in [5, 5.41) is 8.84. The average Bonchev–Trinajstić information content (AvgIpc) is 2.81. The van der Waals surface area contributed by atoms with Gasteiger partial charge in [-0.3, -0.25) is 4.79 Å². The number of amides is 1. The summed E-state index contributed by atoms with van der Waals surface area (Å²) in [5.74, 6) is -0.840. The number of esters is 1. The summed E-state index contributed by atoms with van der Waals surface area (Å²) >= 11 is 0. The molecule has 5 nitrogen and oxygen atoms in total. The number of hydrogen-bond acceptors (Lipinski definition) is 4. The highest BCUT2D eigenvalue weighted by Gasteiger charge is 2.17. The number of nitrogens with zero attached hydrogens (tertiary/aromatic N) is 2. The highest BCUT2D eigenvalue weighted by Crippen LogP contribution is 2.09. The molecule has 0 spiro atoms. The average molecular weight is 398 g/mol. The molecule has 0 saturated heterocycles. The molecular formula is C25H22N2O3. The Bertz CT molecular complexity index is 1010. The second-order valence-corrected chi connectivity index (χ2v) is 6.80. The lowest BCUT2D eigenvalue weighted by atomic mass is 10.1. The van der Waals surface area contributed by atoms with E-state index in [1.807, 2.05) is 66.7 Å². The van der Waals surface area contributed by atoms with Crippen molar-refractivity contribution < 1.29 is 14.3 Å². The maximum atomic E-state index is 12.8. The highest BCUT2D eigenvalue weighted by atomic mass is 16.5. The molecule has 150 valence electrons. The lowest BCUT2D eigenvalue weighted by molar-refractivity contribution is -0.135. The zero-order valence-electron chi connectivity index (χ0n) is 16.5. The first-order valence-corrected chi connectivity index (χ1v) is 9.68. The van der Waals surface area contributed by atoms with Crippen LogP contribution in [0, 0.1) is 11.3 Å². The van der Waals surface area contributed by atoms with Crippen LogP contribution in [0.25, 0.3) is 0 Å². The van der Waals surface area contributed by atoms with Crippen molar-refractivity contribution in [2.24, 2.45) is 0 Å². The van der Waals surface area contributed by atoms with Crippen molar-refractivity contribution >= 4 is 11.9 Å². The van der Waals surface area contributed by atoms with Gasteiger partial charge >= 0.3 is 5.97 Å². The van der Waals surface area contributed by atoms with Crippen LogP contribution in [0.15, 0.2) is 84.9 Å². The minimum absolute atomic E-state index is 0.253. The monoisotopic (exact) mass is 398 g/mol. The Morgan fingerprint density at radius 3 is 2.03 bits per heavy atom. The van der Waals surface area contributed by atoms with E-state index in [0.29, 0.717) is 30.6 Å². The fourth-order valence-corrected chi connectivity index (χ4v) is 2.99. The molecule has 0 fully saturated rings. The van der Waals surface area contributed by atoms with Gasteiger partial charge in [-0.05, 0) is 41.8 Å². The van der Waals surface area contributed by atoms with E-state index >= 15 is 0 Å². The fourth-order valence-electron chi connectivity index (χ4n) is 2.99. The number of ether oxygens (including phenoxy) is 1. The van der Waals surface area contributed by atoms with Crippen LogP contribution in [0.2, 0.25) is 0 Å². The molecule has 0 aromatic heterocycles. The van der Waals surface area contributed by atoms with Crippen LogP contribution in [-0.4, -0.2) is 29.9 Å². The number of carbonyl (C=O) groups excluding carboxylic acids is 2. The fraction of sp³-hybridized carbons (Fsp3) is 0.160. The van der Waals surface area contributed by atoms with Crippen LogP contribution < -0.4 is 0 Å². The van der Waals surface area contributed by atoms with Crippen LogP contribution in [0.4, 0.5) is 0 Å². The minimum atomic E-state index is -0.587. The van der Waals surface area contributed by atoms with Crippen molar-refractivity contribution in [2.45, 2.75) is 13.0 Å². The second kappa shape index (κ2) is 10.6. The molecular weight excluding hydrogens is 376 g/mol. The first-order chi connectivity index (χ1) is 14.7. The van der Waals surface area contributed by atoms with Crippen LogP contribution in [0.3, 0.4) is 0 Å². The van der Waals surface area contributed by atoms with Gasteiger partial charge in [0.2, 0.25) is 0 Å². The number of hydrogen-bond donors (Lipinski definition) is 0. The molecule has 0 aliphatic rings. The van der Waals surface area contributed by atoms with E-state index in [-0.39, 0.29) is 12.5 Å². The maximum Gasteiger partial charge on any atom is 0.338 e.